The molecule has 1 aliphatic carbocycles. The molecule has 14 heavy (non-hydrogen) atoms. The summed E-state index contributed by atoms with van der Waals surface area (Å²) in [6.45, 7) is 6.71. The van der Waals surface area contributed by atoms with Crippen LogP contribution in [0.3, 0.4) is 0 Å². The molecule has 0 aromatic heterocycles. The Hall–Kier alpha value is -0.300. The molecular formula is C13H25N. The summed E-state index contributed by atoms with van der Waals surface area (Å²) in [5.74, 6) is 1.97. The van der Waals surface area contributed by atoms with Gasteiger partial charge in [-0.2, -0.15) is 0 Å². The second-order valence-electron chi connectivity index (χ2n) is 4.70. The normalized spacial score (nSPS) is 28.4. The van der Waals surface area contributed by atoms with Gasteiger partial charge in [-0.25, -0.2) is 0 Å². The first-order valence-electron chi connectivity index (χ1n) is 6.14. The number of hydrogen-bond donors (Lipinski definition) is 1. The van der Waals surface area contributed by atoms with Gasteiger partial charge in [-0.05, 0) is 38.1 Å². The lowest BCUT2D eigenvalue weighted by atomic mass is 9.81. The van der Waals surface area contributed by atoms with Gasteiger partial charge in [-0.3, -0.25) is 0 Å². The maximum atomic E-state index is 3.46. The highest BCUT2D eigenvalue weighted by atomic mass is 14.8. The molecule has 1 N–H and O–H groups in total. The minimum absolute atomic E-state index is 0.976. The molecule has 0 aliphatic heterocycles. The molecule has 1 nitrogen and oxygen atoms in total. The predicted molar refractivity (Wildman–Crippen MR) is 63.4 cm³/mol. The van der Waals surface area contributed by atoms with Crippen LogP contribution in [0.25, 0.3) is 0 Å². The molecule has 1 rings (SSSR count). The molecule has 0 radical (unpaired) electrons. The minimum Gasteiger partial charge on any atom is -0.313 e. The standard InChI is InChI=1S/C13H25N/c1-3-4-9-14-10-8-13-7-5-6-12(2)11-13/h3-4,12-14H,5-11H2,1-2H3/b4-3+. The van der Waals surface area contributed by atoms with Gasteiger partial charge in [-0.1, -0.05) is 38.3 Å². The van der Waals surface area contributed by atoms with Crippen molar-refractivity contribution < 1.29 is 0 Å². The van der Waals surface area contributed by atoms with Gasteiger partial charge in [0.2, 0.25) is 0 Å². The molecule has 82 valence electrons. The summed E-state index contributed by atoms with van der Waals surface area (Å²) in [6.07, 6.45) is 11.5. The summed E-state index contributed by atoms with van der Waals surface area (Å²) in [7, 11) is 0. The van der Waals surface area contributed by atoms with Crippen LogP contribution in [0.1, 0.15) is 46.0 Å². The van der Waals surface area contributed by atoms with E-state index in [-0.39, 0.29) is 0 Å². The number of nitrogens with one attached hydrogen (secondary N) is 1. The zero-order valence-corrected chi connectivity index (χ0v) is 9.76. The van der Waals surface area contributed by atoms with Crippen LogP contribution in [0.4, 0.5) is 0 Å². The second kappa shape index (κ2) is 7.05. The fourth-order valence-electron chi connectivity index (χ4n) is 2.43. The van der Waals surface area contributed by atoms with Crippen LogP contribution in [-0.2, 0) is 0 Å². The topological polar surface area (TPSA) is 12.0 Å². The molecule has 2 unspecified atom stereocenters. The fourth-order valence-corrected chi connectivity index (χ4v) is 2.43. The highest BCUT2D eigenvalue weighted by molar-refractivity contribution is 4.79. The molecular weight excluding hydrogens is 170 g/mol. The SMILES string of the molecule is C/C=C/CNCCC1CCCC(C)C1. The first kappa shape index (κ1) is 11.8. The first-order chi connectivity index (χ1) is 6.83. The lowest BCUT2D eigenvalue weighted by molar-refractivity contribution is 0.268. The average Bonchev–Trinajstić information content (AvgIpc) is 2.18. The Bertz CT molecular complexity index is 163. The molecule has 1 aliphatic rings. The van der Waals surface area contributed by atoms with Crippen LogP contribution < -0.4 is 5.32 Å². The lowest BCUT2D eigenvalue weighted by Gasteiger charge is -2.26. The monoisotopic (exact) mass is 195 g/mol. The summed E-state index contributed by atoms with van der Waals surface area (Å²) in [6, 6.07) is 0. The van der Waals surface area contributed by atoms with E-state index in [1.54, 1.807) is 0 Å². The van der Waals surface area contributed by atoms with Gasteiger partial charge in [0.25, 0.3) is 0 Å². The third-order valence-electron chi connectivity index (χ3n) is 3.27. The van der Waals surface area contributed by atoms with Gasteiger partial charge < -0.3 is 5.32 Å². The zero-order valence-electron chi connectivity index (χ0n) is 9.76. The number of rotatable bonds is 5. The van der Waals surface area contributed by atoms with Crippen LogP contribution in [0.15, 0.2) is 12.2 Å². The molecule has 0 saturated heterocycles. The fraction of sp³-hybridized carbons (Fsp3) is 0.846. The van der Waals surface area contributed by atoms with E-state index in [2.05, 4.69) is 31.3 Å². The van der Waals surface area contributed by atoms with Gasteiger partial charge in [0.15, 0.2) is 0 Å². The Kier molecular flexibility index (Phi) is 5.93. The van der Waals surface area contributed by atoms with Crippen molar-refractivity contribution in [3.63, 3.8) is 0 Å². The summed E-state index contributed by atoms with van der Waals surface area (Å²) in [4.78, 5) is 0. The van der Waals surface area contributed by atoms with Crippen LogP contribution in [0, 0.1) is 11.8 Å². The van der Waals surface area contributed by atoms with Gasteiger partial charge in [0, 0.05) is 6.54 Å². The highest BCUT2D eigenvalue weighted by Gasteiger charge is 2.17. The van der Waals surface area contributed by atoms with Crippen molar-refractivity contribution in [2.45, 2.75) is 46.0 Å². The van der Waals surface area contributed by atoms with Crippen molar-refractivity contribution in [1.82, 2.24) is 5.32 Å². The summed E-state index contributed by atoms with van der Waals surface area (Å²) >= 11 is 0. The largest absolute Gasteiger partial charge is 0.313 e. The molecule has 0 heterocycles. The molecule has 2 atom stereocenters. The molecule has 1 heteroatoms. The molecule has 0 aromatic rings. The predicted octanol–water partition coefficient (Wildman–Crippen LogP) is 3.37. The lowest BCUT2D eigenvalue weighted by Crippen LogP contribution is -2.21. The van der Waals surface area contributed by atoms with Gasteiger partial charge in [0.05, 0.1) is 0 Å². The average molecular weight is 195 g/mol. The maximum Gasteiger partial charge on any atom is 0.0134 e. The van der Waals surface area contributed by atoms with Crippen molar-refractivity contribution in [2.24, 2.45) is 11.8 Å². The van der Waals surface area contributed by atoms with Crippen LogP contribution in [0.2, 0.25) is 0 Å². The van der Waals surface area contributed by atoms with E-state index in [9.17, 15) is 0 Å². The molecule has 1 saturated carbocycles. The Morgan fingerprint density at radius 2 is 2.21 bits per heavy atom. The van der Waals surface area contributed by atoms with E-state index in [0.29, 0.717) is 0 Å². The number of allylic oxidation sites excluding steroid dienone is 1. The molecule has 0 aromatic carbocycles. The number of hydrogen-bond acceptors (Lipinski definition) is 1. The van der Waals surface area contributed by atoms with Crippen molar-refractivity contribution in [1.29, 1.82) is 0 Å². The second-order valence-corrected chi connectivity index (χ2v) is 4.70. The molecule has 0 spiro atoms. The van der Waals surface area contributed by atoms with Gasteiger partial charge in [0.1, 0.15) is 0 Å². The van der Waals surface area contributed by atoms with Crippen LogP contribution in [0.5, 0.6) is 0 Å². The zero-order chi connectivity index (χ0) is 10.2. The Balaban J connectivity index is 2.00. The van der Waals surface area contributed by atoms with Gasteiger partial charge >= 0.3 is 0 Å². The third-order valence-corrected chi connectivity index (χ3v) is 3.27. The highest BCUT2D eigenvalue weighted by Crippen LogP contribution is 2.30. The van der Waals surface area contributed by atoms with Crippen molar-refractivity contribution in [3.05, 3.63) is 12.2 Å². The van der Waals surface area contributed by atoms with Crippen LogP contribution >= 0.6 is 0 Å². The Morgan fingerprint density at radius 3 is 2.93 bits per heavy atom. The summed E-state index contributed by atoms with van der Waals surface area (Å²) in [5, 5.41) is 3.46. The van der Waals surface area contributed by atoms with E-state index < -0.39 is 0 Å². The first-order valence-corrected chi connectivity index (χ1v) is 6.14. The maximum absolute atomic E-state index is 3.46. The quantitative estimate of drug-likeness (QED) is 0.524. The van der Waals surface area contributed by atoms with Crippen molar-refractivity contribution in [2.75, 3.05) is 13.1 Å². The molecule has 0 bridgehead atoms. The van der Waals surface area contributed by atoms with E-state index >= 15 is 0 Å². The smallest absolute Gasteiger partial charge is 0.0134 e. The van der Waals surface area contributed by atoms with Crippen LogP contribution in [-0.4, -0.2) is 13.1 Å². The minimum atomic E-state index is 0.976. The summed E-state index contributed by atoms with van der Waals surface area (Å²) < 4.78 is 0. The Labute approximate surface area is 89.0 Å². The Morgan fingerprint density at radius 1 is 1.36 bits per heavy atom. The van der Waals surface area contributed by atoms with E-state index in [0.717, 1.165) is 18.4 Å². The van der Waals surface area contributed by atoms with E-state index in [4.69, 9.17) is 0 Å². The van der Waals surface area contributed by atoms with E-state index in [1.807, 2.05) is 0 Å². The molecule has 1 fully saturated rings. The summed E-state index contributed by atoms with van der Waals surface area (Å²) in [5.41, 5.74) is 0. The molecule has 0 amide bonds. The van der Waals surface area contributed by atoms with E-state index in [1.165, 1.54) is 38.6 Å². The van der Waals surface area contributed by atoms with Crippen molar-refractivity contribution >= 4 is 0 Å². The van der Waals surface area contributed by atoms with Crippen molar-refractivity contribution in [3.8, 4) is 0 Å². The van der Waals surface area contributed by atoms with Gasteiger partial charge in [-0.15, -0.1) is 0 Å². The third kappa shape index (κ3) is 4.80.